The molecule has 140 valence electrons. The highest BCUT2D eigenvalue weighted by Crippen LogP contribution is 2.34. The number of carbonyl (C=O) groups is 1. The van der Waals surface area contributed by atoms with E-state index < -0.39 is 0 Å². The number of hydrogen-bond donors (Lipinski definition) is 0. The first-order valence-corrected chi connectivity index (χ1v) is 8.76. The summed E-state index contributed by atoms with van der Waals surface area (Å²) in [6, 6.07) is 7.03. The molecule has 1 aliphatic rings. The van der Waals surface area contributed by atoms with Crippen LogP contribution in [-0.2, 0) is 4.74 Å². The van der Waals surface area contributed by atoms with E-state index in [1.807, 2.05) is 6.92 Å². The van der Waals surface area contributed by atoms with Crippen molar-refractivity contribution in [2.75, 3.05) is 33.9 Å². The fourth-order valence-electron chi connectivity index (χ4n) is 3.13. The number of nitrogens with zero attached hydrogens (tertiary/aromatic N) is 2. The van der Waals surface area contributed by atoms with E-state index in [4.69, 9.17) is 18.7 Å². The van der Waals surface area contributed by atoms with E-state index >= 15 is 0 Å². The minimum Gasteiger partial charge on any atom is -0.497 e. The Morgan fingerprint density at radius 2 is 2.00 bits per heavy atom. The van der Waals surface area contributed by atoms with Crippen molar-refractivity contribution < 1.29 is 23.5 Å². The normalized spacial score (nSPS) is 15.1. The third kappa shape index (κ3) is 3.83. The maximum Gasteiger partial charge on any atom is 0.276 e. The zero-order chi connectivity index (χ0) is 18.5. The van der Waals surface area contributed by atoms with Crippen molar-refractivity contribution in [3.05, 3.63) is 30.0 Å². The number of methoxy groups -OCH3 is 2. The Balaban J connectivity index is 1.75. The maximum atomic E-state index is 12.7. The molecule has 0 saturated carbocycles. The van der Waals surface area contributed by atoms with Gasteiger partial charge < -0.3 is 23.6 Å². The van der Waals surface area contributed by atoms with Crippen LogP contribution in [0, 0.1) is 0 Å². The van der Waals surface area contributed by atoms with Gasteiger partial charge in [0.25, 0.3) is 5.91 Å². The van der Waals surface area contributed by atoms with Crippen LogP contribution < -0.4 is 9.47 Å². The van der Waals surface area contributed by atoms with Crippen LogP contribution >= 0.6 is 0 Å². The lowest BCUT2D eigenvalue weighted by Gasteiger charge is -2.31. The summed E-state index contributed by atoms with van der Waals surface area (Å²) in [4.78, 5) is 14.5. The molecule has 1 aliphatic heterocycles. The predicted molar refractivity (Wildman–Crippen MR) is 95.6 cm³/mol. The predicted octanol–water partition coefficient (Wildman–Crippen LogP) is 3.00. The second-order valence-electron chi connectivity index (χ2n) is 6.09. The minimum absolute atomic E-state index is 0.128. The summed E-state index contributed by atoms with van der Waals surface area (Å²) in [5, 5.41) is 3.96. The monoisotopic (exact) mass is 360 g/mol. The number of ether oxygens (including phenoxy) is 3. The number of amides is 1. The first-order chi connectivity index (χ1) is 12.7. The van der Waals surface area contributed by atoms with Gasteiger partial charge >= 0.3 is 0 Å². The van der Waals surface area contributed by atoms with Crippen molar-refractivity contribution in [3.63, 3.8) is 0 Å². The molecule has 0 unspecified atom stereocenters. The number of rotatable bonds is 6. The van der Waals surface area contributed by atoms with E-state index in [1.165, 1.54) is 0 Å². The van der Waals surface area contributed by atoms with Gasteiger partial charge in [0.15, 0.2) is 11.5 Å². The number of hydrogen-bond acceptors (Lipinski definition) is 6. The minimum atomic E-state index is -0.128. The van der Waals surface area contributed by atoms with Crippen molar-refractivity contribution in [2.24, 2.45) is 0 Å². The Labute approximate surface area is 152 Å². The summed E-state index contributed by atoms with van der Waals surface area (Å²) in [5.41, 5.74) is 0.980. The Bertz CT molecular complexity index is 750. The van der Waals surface area contributed by atoms with Gasteiger partial charge in [-0.2, -0.15) is 0 Å². The third-order valence-corrected chi connectivity index (χ3v) is 4.53. The number of piperidine rings is 1. The number of carbonyl (C=O) groups excluding carboxylic acids is 1. The lowest BCUT2D eigenvalue weighted by Crippen LogP contribution is -2.41. The molecule has 1 amide bonds. The second-order valence-corrected chi connectivity index (χ2v) is 6.09. The summed E-state index contributed by atoms with van der Waals surface area (Å²) in [6.07, 6.45) is 1.92. The van der Waals surface area contributed by atoms with Gasteiger partial charge in [-0.1, -0.05) is 5.16 Å². The zero-order valence-corrected chi connectivity index (χ0v) is 15.4. The van der Waals surface area contributed by atoms with Gasteiger partial charge in [0.05, 0.1) is 25.9 Å². The molecule has 26 heavy (non-hydrogen) atoms. The van der Waals surface area contributed by atoms with Crippen molar-refractivity contribution >= 4 is 5.91 Å². The molecule has 1 fully saturated rings. The highest BCUT2D eigenvalue weighted by Gasteiger charge is 2.26. The average Bonchev–Trinajstić information content (AvgIpc) is 3.17. The number of aromatic nitrogens is 1. The smallest absolute Gasteiger partial charge is 0.276 e. The Hall–Kier alpha value is -2.54. The summed E-state index contributed by atoms with van der Waals surface area (Å²) >= 11 is 0. The number of likely N-dealkylation sites (tertiary alicyclic amines) is 1. The molecule has 1 aromatic heterocycles. The van der Waals surface area contributed by atoms with Crippen LogP contribution in [0.4, 0.5) is 0 Å². The molecule has 0 aliphatic carbocycles. The van der Waals surface area contributed by atoms with E-state index in [0.717, 1.165) is 12.8 Å². The van der Waals surface area contributed by atoms with E-state index in [-0.39, 0.29) is 12.0 Å². The molecule has 0 spiro atoms. The Morgan fingerprint density at radius 3 is 2.65 bits per heavy atom. The van der Waals surface area contributed by atoms with Crippen molar-refractivity contribution in [2.45, 2.75) is 25.9 Å². The summed E-state index contributed by atoms with van der Waals surface area (Å²) in [6.45, 7) is 4.01. The summed E-state index contributed by atoms with van der Waals surface area (Å²) in [5.74, 6) is 1.63. The van der Waals surface area contributed by atoms with E-state index in [0.29, 0.717) is 48.2 Å². The van der Waals surface area contributed by atoms with Crippen LogP contribution in [0.3, 0.4) is 0 Å². The van der Waals surface area contributed by atoms with Crippen molar-refractivity contribution in [3.8, 4) is 22.8 Å². The maximum absolute atomic E-state index is 12.7. The Morgan fingerprint density at radius 1 is 1.23 bits per heavy atom. The van der Waals surface area contributed by atoms with Crippen LogP contribution in [0.2, 0.25) is 0 Å². The fraction of sp³-hybridized carbons (Fsp3) is 0.474. The highest BCUT2D eigenvalue weighted by molar-refractivity contribution is 5.93. The van der Waals surface area contributed by atoms with Gasteiger partial charge in [0, 0.05) is 25.8 Å². The van der Waals surface area contributed by atoms with Gasteiger partial charge in [0.1, 0.15) is 11.5 Å². The molecule has 0 bridgehead atoms. The molecular weight excluding hydrogens is 336 g/mol. The molecule has 0 radical (unpaired) electrons. The first-order valence-electron chi connectivity index (χ1n) is 8.76. The largest absolute Gasteiger partial charge is 0.497 e. The van der Waals surface area contributed by atoms with Crippen LogP contribution in [0.5, 0.6) is 11.5 Å². The standard InChI is InChI=1S/C19H24N2O5/c1-4-25-13-7-9-21(10-8-13)19(22)16-12-18(26-20-16)15-11-14(23-2)5-6-17(15)24-3/h5-6,11-13H,4,7-10H2,1-3H3. The molecule has 2 heterocycles. The van der Waals surface area contributed by atoms with E-state index in [9.17, 15) is 4.79 Å². The molecule has 1 saturated heterocycles. The molecule has 1 aromatic carbocycles. The lowest BCUT2D eigenvalue weighted by atomic mass is 10.1. The topological polar surface area (TPSA) is 74.0 Å². The third-order valence-electron chi connectivity index (χ3n) is 4.53. The van der Waals surface area contributed by atoms with Gasteiger partial charge in [-0.15, -0.1) is 0 Å². The summed E-state index contributed by atoms with van der Waals surface area (Å²) in [7, 11) is 3.17. The van der Waals surface area contributed by atoms with Crippen LogP contribution in [0.1, 0.15) is 30.3 Å². The molecule has 7 heteroatoms. The van der Waals surface area contributed by atoms with Gasteiger partial charge in [0.2, 0.25) is 0 Å². The fourth-order valence-corrected chi connectivity index (χ4v) is 3.13. The van der Waals surface area contributed by atoms with Gasteiger partial charge in [-0.05, 0) is 38.0 Å². The van der Waals surface area contributed by atoms with E-state index in [2.05, 4.69) is 5.16 Å². The van der Waals surface area contributed by atoms with Gasteiger partial charge in [-0.25, -0.2) is 0 Å². The Kier molecular flexibility index (Phi) is 5.78. The van der Waals surface area contributed by atoms with Gasteiger partial charge in [-0.3, -0.25) is 4.79 Å². The zero-order valence-electron chi connectivity index (χ0n) is 15.4. The molecule has 0 atom stereocenters. The average molecular weight is 360 g/mol. The molecule has 7 nitrogen and oxygen atoms in total. The van der Waals surface area contributed by atoms with Crippen molar-refractivity contribution in [1.29, 1.82) is 0 Å². The van der Waals surface area contributed by atoms with E-state index in [1.54, 1.807) is 43.4 Å². The van der Waals surface area contributed by atoms with Crippen LogP contribution in [-0.4, -0.2) is 56.0 Å². The molecule has 2 aromatic rings. The van der Waals surface area contributed by atoms with Crippen LogP contribution in [0.15, 0.2) is 28.8 Å². The second kappa shape index (κ2) is 8.23. The number of benzene rings is 1. The quantitative estimate of drug-likeness (QED) is 0.788. The molecule has 0 N–H and O–H groups in total. The first kappa shape index (κ1) is 18.3. The SMILES string of the molecule is CCOC1CCN(C(=O)c2cc(-c3cc(OC)ccc3OC)on2)CC1. The summed E-state index contributed by atoms with van der Waals surface area (Å²) < 4.78 is 21.7. The van der Waals surface area contributed by atoms with Crippen molar-refractivity contribution in [1.82, 2.24) is 10.1 Å². The highest BCUT2D eigenvalue weighted by atomic mass is 16.5. The lowest BCUT2D eigenvalue weighted by molar-refractivity contribution is 0.0143. The molecule has 3 rings (SSSR count). The van der Waals surface area contributed by atoms with Crippen LogP contribution in [0.25, 0.3) is 11.3 Å². The molecular formula is C19H24N2O5.